The Hall–Kier alpha value is -2.07. The number of carbonyl (C=O) groups excluding carboxylic acids is 2. The molecular formula is C19H21ClF3N3O3S. The van der Waals surface area contributed by atoms with Crippen molar-refractivity contribution in [3.05, 3.63) is 32.4 Å². The second-order valence-corrected chi connectivity index (χ2v) is 8.61. The molecule has 1 unspecified atom stereocenters. The first-order valence-electron chi connectivity index (χ1n) is 9.51. The second kappa shape index (κ2) is 8.58. The number of nitrogens with one attached hydrogen (secondary N) is 1. The van der Waals surface area contributed by atoms with Crippen LogP contribution < -0.4 is 5.32 Å². The zero-order valence-corrected chi connectivity index (χ0v) is 18.2. The fraction of sp³-hybridized carbons (Fsp3) is 0.526. The number of amides is 1. The fourth-order valence-corrected chi connectivity index (χ4v) is 4.93. The van der Waals surface area contributed by atoms with Crippen LogP contribution in [0.1, 0.15) is 70.1 Å². The summed E-state index contributed by atoms with van der Waals surface area (Å²) in [5, 5.41) is 5.63. The molecule has 2 aromatic heterocycles. The molecule has 0 aromatic carbocycles. The molecule has 1 N–H and O–H groups in total. The molecule has 0 bridgehead atoms. The second-order valence-electron chi connectivity index (χ2n) is 7.13. The van der Waals surface area contributed by atoms with Crippen LogP contribution in [-0.4, -0.2) is 27.8 Å². The van der Waals surface area contributed by atoms with Gasteiger partial charge in [-0.3, -0.25) is 9.48 Å². The number of carbonyl (C=O) groups is 2. The Balaban J connectivity index is 1.96. The van der Waals surface area contributed by atoms with Crippen molar-refractivity contribution in [3.8, 4) is 0 Å². The van der Waals surface area contributed by atoms with Gasteiger partial charge in [0.25, 0.3) is 5.91 Å². The molecule has 1 aliphatic carbocycles. The van der Waals surface area contributed by atoms with Gasteiger partial charge in [0, 0.05) is 11.9 Å². The molecule has 0 fully saturated rings. The summed E-state index contributed by atoms with van der Waals surface area (Å²) in [6.07, 6.45) is -1.13. The minimum Gasteiger partial charge on any atom is -0.459 e. The average Bonchev–Trinajstić information content (AvgIpc) is 3.17. The molecule has 164 valence electrons. The van der Waals surface area contributed by atoms with Crippen LogP contribution >= 0.6 is 22.9 Å². The summed E-state index contributed by atoms with van der Waals surface area (Å²) in [6, 6.07) is 0. The van der Waals surface area contributed by atoms with Crippen molar-refractivity contribution in [3.63, 3.8) is 0 Å². The number of rotatable bonds is 5. The van der Waals surface area contributed by atoms with Crippen molar-refractivity contribution in [1.82, 2.24) is 9.78 Å². The lowest BCUT2D eigenvalue weighted by molar-refractivity contribution is -0.143. The maximum absolute atomic E-state index is 13.2. The van der Waals surface area contributed by atoms with E-state index in [0.717, 1.165) is 36.8 Å². The molecule has 11 heteroatoms. The van der Waals surface area contributed by atoms with Crippen molar-refractivity contribution in [2.24, 2.45) is 7.05 Å². The quantitative estimate of drug-likeness (QED) is 0.615. The van der Waals surface area contributed by atoms with E-state index in [1.165, 1.54) is 11.3 Å². The zero-order chi connectivity index (χ0) is 22.2. The number of hydrogen-bond acceptors (Lipinski definition) is 5. The number of thiophene rings is 1. The third-order valence-corrected chi connectivity index (χ3v) is 6.52. The van der Waals surface area contributed by atoms with Crippen LogP contribution in [0.3, 0.4) is 0 Å². The molecule has 30 heavy (non-hydrogen) atoms. The Morgan fingerprint density at radius 3 is 2.60 bits per heavy atom. The minimum atomic E-state index is -4.76. The topological polar surface area (TPSA) is 73.2 Å². The normalized spacial score (nSPS) is 14.9. The van der Waals surface area contributed by atoms with Gasteiger partial charge in [-0.05, 0) is 44.6 Å². The van der Waals surface area contributed by atoms with E-state index in [1.54, 1.807) is 6.92 Å². The standard InChI is InChI=1S/C19H21ClF3N3O3S/c1-4-9(2)29-18(28)12-10-7-5-6-8-11(10)30-17(12)24-16(27)14-13(20)15(19(21,22)23)26(3)25-14/h9H,4-8H2,1-3H3,(H,24,27). The van der Waals surface area contributed by atoms with Gasteiger partial charge >= 0.3 is 12.1 Å². The van der Waals surface area contributed by atoms with Crippen LogP contribution in [0.5, 0.6) is 0 Å². The number of alkyl halides is 3. The number of anilines is 1. The molecule has 0 spiro atoms. The summed E-state index contributed by atoms with van der Waals surface area (Å²) in [6.45, 7) is 3.65. The highest BCUT2D eigenvalue weighted by Crippen LogP contribution is 2.40. The van der Waals surface area contributed by atoms with Gasteiger partial charge in [-0.1, -0.05) is 18.5 Å². The van der Waals surface area contributed by atoms with E-state index in [1.807, 2.05) is 6.92 Å². The fourth-order valence-electron chi connectivity index (χ4n) is 3.31. The number of esters is 1. The van der Waals surface area contributed by atoms with Crippen molar-refractivity contribution < 1.29 is 27.5 Å². The van der Waals surface area contributed by atoms with Gasteiger partial charge in [-0.15, -0.1) is 11.3 Å². The van der Waals surface area contributed by atoms with Crippen LogP contribution in [0, 0.1) is 0 Å². The summed E-state index contributed by atoms with van der Waals surface area (Å²) in [5.74, 6) is -1.47. The monoisotopic (exact) mass is 463 g/mol. The summed E-state index contributed by atoms with van der Waals surface area (Å²) >= 11 is 7.05. The molecule has 0 saturated carbocycles. The Kier molecular flexibility index (Phi) is 6.47. The predicted molar refractivity (Wildman–Crippen MR) is 107 cm³/mol. The van der Waals surface area contributed by atoms with E-state index in [2.05, 4.69) is 10.4 Å². The summed E-state index contributed by atoms with van der Waals surface area (Å²) < 4.78 is 45.4. The lowest BCUT2D eigenvalue weighted by atomic mass is 9.95. The Morgan fingerprint density at radius 2 is 2.00 bits per heavy atom. The highest BCUT2D eigenvalue weighted by atomic mass is 35.5. The van der Waals surface area contributed by atoms with E-state index in [-0.39, 0.29) is 16.7 Å². The van der Waals surface area contributed by atoms with Gasteiger partial charge in [-0.2, -0.15) is 18.3 Å². The molecule has 2 heterocycles. The van der Waals surface area contributed by atoms with Crippen LogP contribution in [0.2, 0.25) is 5.02 Å². The predicted octanol–water partition coefficient (Wildman–Crippen LogP) is 5.24. The molecule has 1 atom stereocenters. The van der Waals surface area contributed by atoms with Crippen molar-refractivity contribution in [2.45, 2.75) is 58.2 Å². The first-order valence-corrected chi connectivity index (χ1v) is 10.7. The SMILES string of the molecule is CCC(C)OC(=O)c1c(NC(=O)c2nn(C)c(C(F)(F)F)c2Cl)sc2c1CCCC2. The number of hydrogen-bond donors (Lipinski definition) is 1. The van der Waals surface area contributed by atoms with E-state index >= 15 is 0 Å². The zero-order valence-electron chi connectivity index (χ0n) is 16.7. The lowest BCUT2D eigenvalue weighted by Gasteiger charge is -2.15. The third kappa shape index (κ3) is 4.34. The molecule has 1 amide bonds. The Morgan fingerprint density at radius 1 is 1.33 bits per heavy atom. The molecule has 1 aliphatic rings. The maximum atomic E-state index is 13.2. The van der Waals surface area contributed by atoms with Crippen LogP contribution in [0.25, 0.3) is 0 Å². The van der Waals surface area contributed by atoms with Crippen molar-refractivity contribution in [1.29, 1.82) is 0 Å². The van der Waals surface area contributed by atoms with Gasteiger partial charge in [0.05, 0.1) is 11.7 Å². The largest absolute Gasteiger partial charge is 0.459 e. The Bertz CT molecular complexity index is 984. The number of halogens is 4. The highest BCUT2D eigenvalue weighted by molar-refractivity contribution is 7.17. The molecule has 0 aliphatic heterocycles. The Labute approximate surface area is 180 Å². The summed E-state index contributed by atoms with van der Waals surface area (Å²) in [5.41, 5.74) is -0.667. The van der Waals surface area contributed by atoms with Crippen LogP contribution in [0.15, 0.2) is 0 Å². The lowest BCUT2D eigenvalue weighted by Crippen LogP contribution is -2.19. The van der Waals surface area contributed by atoms with Crippen molar-refractivity contribution >= 4 is 39.8 Å². The number of ether oxygens (including phenoxy) is 1. The van der Waals surface area contributed by atoms with E-state index in [9.17, 15) is 22.8 Å². The van der Waals surface area contributed by atoms with Gasteiger partial charge in [0.2, 0.25) is 0 Å². The van der Waals surface area contributed by atoms with Gasteiger partial charge in [0.15, 0.2) is 11.4 Å². The van der Waals surface area contributed by atoms with Crippen LogP contribution in [0.4, 0.5) is 18.2 Å². The summed E-state index contributed by atoms with van der Waals surface area (Å²) in [7, 11) is 1.06. The van der Waals surface area contributed by atoms with Gasteiger partial charge < -0.3 is 10.1 Å². The molecular weight excluding hydrogens is 443 g/mol. The maximum Gasteiger partial charge on any atom is 0.434 e. The minimum absolute atomic E-state index is 0.246. The summed E-state index contributed by atoms with van der Waals surface area (Å²) in [4.78, 5) is 26.5. The highest BCUT2D eigenvalue weighted by Gasteiger charge is 2.40. The van der Waals surface area contributed by atoms with E-state index in [4.69, 9.17) is 16.3 Å². The molecule has 0 radical (unpaired) electrons. The van der Waals surface area contributed by atoms with Crippen molar-refractivity contribution in [2.75, 3.05) is 5.32 Å². The van der Waals surface area contributed by atoms with Gasteiger partial charge in [0.1, 0.15) is 10.0 Å². The number of aryl methyl sites for hydroxylation is 2. The molecule has 6 nitrogen and oxygen atoms in total. The van der Waals surface area contributed by atoms with Crippen LogP contribution in [-0.2, 0) is 30.8 Å². The molecule has 0 saturated heterocycles. The van der Waals surface area contributed by atoms with Gasteiger partial charge in [-0.25, -0.2) is 4.79 Å². The smallest absolute Gasteiger partial charge is 0.434 e. The first-order chi connectivity index (χ1) is 14.0. The first kappa shape index (κ1) is 22.6. The number of nitrogens with zero attached hydrogens (tertiary/aromatic N) is 2. The average molecular weight is 464 g/mol. The number of aromatic nitrogens is 2. The van der Waals surface area contributed by atoms with E-state index < -0.39 is 34.5 Å². The number of fused-ring (bicyclic) bond motifs is 1. The van der Waals surface area contributed by atoms with E-state index in [0.29, 0.717) is 17.5 Å². The molecule has 2 aromatic rings. The third-order valence-electron chi connectivity index (χ3n) is 4.96. The molecule has 3 rings (SSSR count).